The Labute approximate surface area is 158 Å². The number of hydrogen-bond acceptors (Lipinski definition) is 4. The molecule has 5 nitrogen and oxygen atoms in total. The quantitative estimate of drug-likeness (QED) is 0.809. The minimum absolute atomic E-state index is 0.0881. The monoisotopic (exact) mass is 375 g/mol. The molecule has 0 bridgehead atoms. The van der Waals surface area contributed by atoms with Gasteiger partial charge in [-0.15, -0.1) is 0 Å². The molecule has 0 spiro atoms. The van der Waals surface area contributed by atoms with Crippen molar-refractivity contribution in [2.45, 2.75) is 25.9 Å². The fourth-order valence-electron chi connectivity index (χ4n) is 2.86. The maximum absolute atomic E-state index is 12.8. The van der Waals surface area contributed by atoms with E-state index in [2.05, 4.69) is 5.32 Å². The second kappa shape index (κ2) is 8.43. The first-order valence-electron chi connectivity index (χ1n) is 8.57. The predicted molar refractivity (Wildman–Crippen MR) is 102 cm³/mol. The Balaban J connectivity index is 1.76. The van der Waals surface area contributed by atoms with Gasteiger partial charge in [0.05, 0.1) is 24.5 Å². The van der Waals surface area contributed by atoms with Crippen molar-refractivity contribution in [2.75, 3.05) is 25.6 Å². The number of carbonyl (C=O) groups is 1. The molecule has 2 aromatic carbocycles. The highest BCUT2D eigenvalue weighted by Crippen LogP contribution is 2.32. The number of rotatable bonds is 6. The molecule has 6 heteroatoms. The van der Waals surface area contributed by atoms with Crippen molar-refractivity contribution in [1.29, 1.82) is 0 Å². The van der Waals surface area contributed by atoms with E-state index in [9.17, 15) is 4.79 Å². The number of ether oxygens (including phenoxy) is 3. The van der Waals surface area contributed by atoms with Gasteiger partial charge >= 0.3 is 0 Å². The van der Waals surface area contributed by atoms with E-state index in [0.29, 0.717) is 34.4 Å². The number of methoxy groups -OCH3 is 1. The summed E-state index contributed by atoms with van der Waals surface area (Å²) >= 11 is 6.12. The van der Waals surface area contributed by atoms with Crippen molar-refractivity contribution in [1.82, 2.24) is 0 Å². The lowest BCUT2D eigenvalue weighted by atomic mass is 10.1. The average Bonchev–Trinajstić information content (AvgIpc) is 3.16. The lowest BCUT2D eigenvalue weighted by Crippen LogP contribution is -2.19. The fraction of sp³-hybridized carbons (Fsp3) is 0.350. The second-order valence-electron chi connectivity index (χ2n) is 6.20. The van der Waals surface area contributed by atoms with Crippen LogP contribution < -0.4 is 14.8 Å². The summed E-state index contributed by atoms with van der Waals surface area (Å²) < 4.78 is 16.7. The van der Waals surface area contributed by atoms with E-state index in [-0.39, 0.29) is 12.0 Å². The van der Waals surface area contributed by atoms with Gasteiger partial charge in [-0.2, -0.15) is 0 Å². The molecule has 1 atom stereocenters. The molecule has 0 saturated carbocycles. The molecule has 138 valence electrons. The van der Waals surface area contributed by atoms with Crippen LogP contribution in [-0.4, -0.2) is 32.3 Å². The molecule has 0 aromatic heterocycles. The minimum Gasteiger partial charge on any atom is -0.495 e. The van der Waals surface area contributed by atoms with E-state index in [1.165, 1.54) is 7.11 Å². The van der Waals surface area contributed by atoms with Crippen LogP contribution in [0, 0.1) is 6.92 Å². The van der Waals surface area contributed by atoms with Crippen LogP contribution >= 0.6 is 11.6 Å². The topological polar surface area (TPSA) is 56.8 Å². The summed E-state index contributed by atoms with van der Waals surface area (Å²) in [5.41, 5.74) is 1.87. The maximum atomic E-state index is 12.8. The van der Waals surface area contributed by atoms with E-state index < -0.39 is 0 Å². The first-order chi connectivity index (χ1) is 12.6. The normalized spacial score (nSPS) is 16.3. The molecule has 3 rings (SSSR count). The minimum atomic E-state index is -0.270. The zero-order chi connectivity index (χ0) is 18.5. The molecule has 0 radical (unpaired) electrons. The largest absolute Gasteiger partial charge is 0.495 e. The zero-order valence-corrected chi connectivity index (χ0v) is 15.6. The highest BCUT2D eigenvalue weighted by Gasteiger charge is 2.19. The summed E-state index contributed by atoms with van der Waals surface area (Å²) in [5.74, 6) is 0.768. The highest BCUT2D eigenvalue weighted by atomic mass is 35.5. The predicted octanol–water partition coefficient (Wildman–Crippen LogP) is 4.47. The molecule has 0 aliphatic carbocycles. The van der Waals surface area contributed by atoms with Gasteiger partial charge in [-0.25, -0.2) is 0 Å². The molecule has 1 amide bonds. The van der Waals surface area contributed by atoms with E-state index in [1.807, 2.05) is 13.0 Å². The van der Waals surface area contributed by atoms with Crippen LogP contribution in [0.4, 0.5) is 5.69 Å². The van der Waals surface area contributed by atoms with Crippen LogP contribution in [0.15, 0.2) is 36.4 Å². The molecular formula is C20H22ClNO4. The highest BCUT2D eigenvalue weighted by molar-refractivity contribution is 6.31. The number of hydrogen-bond donors (Lipinski definition) is 1. The van der Waals surface area contributed by atoms with Crippen LogP contribution in [0.2, 0.25) is 5.02 Å². The molecule has 1 saturated heterocycles. The summed E-state index contributed by atoms with van der Waals surface area (Å²) in [6, 6.07) is 10.6. The van der Waals surface area contributed by atoms with Crippen molar-refractivity contribution in [3.05, 3.63) is 52.5 Å². The van der Waals surface area contributed by atoms with Gasteiger partial charge in [-0.3, -0.25) is 4.79 Å². The van der Waals surface area contributed by atoms with Gasteiger partial charge in [0.25, 0.3) is 5.91 Å². The first kappa shape index (κ1) is 18.5. The number of carbonyl (C=O) groups excluding carboxylic acids is 1. The molecular weight excluding hydrogens is 354 g/mol. The Morgan fingerprint density at radius 3 is 2.85 bits per heavy atom. The van der Waals surface area contributed by atoms with Gasteiger partial charge in [-0.05, 0) is 43.5 Å². The smallest absolute Gasteiger partial charge is 0.259 e. The van der Waals surface area contributed by atoms with Gasteiger partial charge in [0.2, 0.25) is 0 Å². The van der Waals surface area contributed by atoms with Crippen LogP contribution in [0.1, 0.15) is 28.8 Å². The van der Waals surface area contributed by atoms with Gasteiger partial charge < -0.3 is 19.5 Å². The molecule has 1 aliphatic heterocycles. The molecule has 1 aliphatic rings. The lowest BCUT2D eigenvalue weighted by molar-refractivity contribution is 0.0673. The third-order valence-electron chi connectivity index (χ3n) is 4.31. The number of aryl methyl sites for hydroxylation is 1. The number of nitrogens with one attached hydrogen (secondary N) is 1. The Kier molecular flexibility index (Phi) is 6.01. The summed E-state index contributed by atoms with van der Waals surface area (Å²) in [6.07, 6.45) is 2.12. The Hall–Kier alpha value is -2.24. The van der Waals surface area contributed by atoms with Crippen LogP contribution in [0.3, 0.4) is 0 Å². The van der Waals surface area contributed by atoms with E-state index in [1.54, 1.807) is 30.3 Å². The van der Waals surface area contributed by atoms with E-state index >= 15 is 0 Å². The van der Waals surface area contributed by atoms with Gasteiger partial charge in [0, 0.05) is 17.7 Å². The summed E-state index contributed by atoms with van der Waals surface area (Å²) in [4.78, 5) is 12.8. The van der Waals surface area contributed by atoms with E-state index in [0.717, 1.165) is 25.0 Å². The van der Waals surface area contributed by atoms with Crippen LogP contribution in [0.25, 0.3) is 0 Å². The van der Waals surface area contributed by atoms with Crippen molar-refractivity contribution in [3.63, 3.8) is 0 Å². The molecule has 1 N–H and O–H groups in total. The van der Waals surface area contributed by atoms with Crippen molar-refractivity contribution < 1.29 is 19.0 Å². The zero-order valence-electron chi connectivity index (χ0n) is 14.9. The Morgan fingerprint density at radius 1 is 1.31 bits per heavy atom. The van der Waals surface area contributed by atoms with E-state index in [4.69, 9.17) is 25.8 Å². The molecule has 26 heavy (non-hydrogen) atoms. The number of para-hydroxylation sites is 1. The van der Waals surface area contributed by atoms with Gasteiger partial charge in [-0.1, -0.05) is 23.7 Å². The molecule has 1 fully saturated rings. The summed E-state index contributed by atoms with van der Waals surface area (Å²) in [7, 11) is 1.54. The van der Waals surface area contributed by atoms with Crippen molar-refractivity contribution in [2.24, 2.45) is 0 Å². The summed E-state index contributed by atoms with van der Waals surface area (Å²) in [6.45, 7) is 3.08. The maximum Gasteiger partial charge on any atom is 0.259 e. The molecule has 1 heterocycles. The SMILES string of the molecule is COc1cc(Cl)c(C)cc1NC(=O)c1ccccc1OCC1CCCO1. The second-order valence-corrected chi connectivity index (χ2v) is 6.61. The molecule has 1 unspecified atom stereocenters. The average molecular weight is 376 g/mol. The van der Waals surface area contributed by atoms with Gasteiger partial charge in [0.15, 0.2) is 0 Å². The van der Waals surface area contributed by atoms with Crippen LogP contribution in [-0.2, 0) is 4.74 Å². The third kappa shape index (κ3) is 4.29. The first-order valence-corrected chi connectivity index (χ1v) is 8.95. The lowest BCUT2D eigenvalue weighted by Gasteiger charge is -2.16. The Morgan fingerprint density at radius 2 is 2.12 bits per heavy atom. The number of anilines is 1. The van der Waals surface area contributed by atoms with Crippen molar-refractivity contribution in [3.8, 4) is 11.5 Å². The number of amides is 1. The number of halogens is 1. The van der Waals surface area contributed by atoms with Gasteiger partial charge in [0.1, 0.15) is 18.1 Å². The molecule has 2 aromatic rings. The van der Waals surface area contributed by atoms with Crippen LogP contribution in [0.5, 0.6) is 11.5 Å². The standard InChI is InChI=1S/C20H22ClNO4/c1-13-10-17(19(24-2)11-16(13)21)22-20(23)15-7-3-4-8-18(15)26-12-14-6-5-9-25-14/h3-4,7-8,10-11,14H,5-6,9,12H2,1-2H3,(H,22,23). The van der Waals surface area contributed by atoms with Crippen molar-refractivity contribution >= 4 is 23.2 Å². The Bertz CT molecular complexity index is 787. The number of benzene rings is 2. The summed E-state index contributed by atoms with van der Waals surface area (Å²) in [5, 5.41) is 3.46. The fourth-order valence-corrected chi connectivity index (χ4v) is 3.01. The third-order valence-corrected chi connectivity index (χ3v) is 4.72.